The van der Waals surface area contributed by atoms with Crippen LogP contribution in [0.3, 0.4) is 0 Å². The average Bonchev–Trinajstić information content (AvgIpc) is 3.09. The Kier molecular flexibility index (Phi) is 4.67. The number of hydrogen-bond acceptors (Lipinski definition) is 6. The van der Waals surface area contributed by atoms with Crippen molar-refractivity contribution in [3.8, 4) is 5.75 Å². The van der Waals surface area contributed by atoms with E-state index in [1.807, 2.05) is 12.1 Å². The lowest BCUT2D eigenvalue weighted by Gasteiger charge is -2.29. The normalized spacial score (nSPS) is 17.7. The van der Waals surface area contributed by atoms with Crippen LogP contribution >= 0.6 is 0 Å². The molecule has 0 radical (unpaired) electrons. The molecule has 0 saturated carbocycles. The highest BCUT2D eigenvalue weighted by Gasteiger charge is 2.37. The number of para-hydroxylation sites is 1. The summed E-state index contributed by atoms with van der Waals surface area (Å²) >= 11 is 0. The first-order valence-corrected chi connectivity index (χ1v) is 8.95. The third-order valence-electron chi connectivity index (χ3n) is 4.96. The molecule has 8 heteroatoms. The summed E-state index contributed by atoms with van der Waals surface area (Å²) in [5.74, 6) is -0.537. The molecule has 4 rings (SSSR count). The molecule has 1 amide bonds. The SMILES string of the molecule is CC(=O)c1cccc2c1OB(O)[C@@H](NC(=O)Cc1cc3c(cn1)CNC3)C2. The third kappa shape index (κ3) is 3.58. The third-order valence-corrected chi connectivity index (χ3v) is 4.96. The van der Waals surface area contributed by atoms with E-state index in [4.69, 9.17) is 4.65 Å². The van der Waals surface area contributed by atoms with Gasteiger partial charge in [0.25, 0.3) is 0 Å². The number of hydrogen-bond donors (Lipinski definition) is 3. The van der Waals surface area contributed by atoms with E-state index in [9.17, 15) is 14.6 Å². The van der Waals surface area contributed by atoms with Gasteiger partial charge in [-0.05, 0) is 42.2 Å². The van der Waals surface area contributed by atoms with Gasteiger partial charge in [0.15, 0.2) is 5.78 Å². The molecule has 1 aromatic carbocycles. The summed E-state index contributed by atoms with van der Waals surface area (Å²) in [6.45, 7) is 3.05. The number of Topliss-reactive ketones (excluding diaryl/α,β-unsaturated/α-hetero) is 1. The Morgan fingerprint density at radius 2 is 2.15 bits per heavy atom. The number of ketones is 1. The van der Waals surface area contributed by atoms with E-state index in [-0.39, 0.29) is 18.1 Å². The molecular formula is C19H20BN3O4. The van der Waals surface area contributed by atoms with Crippen molar-refractivity contribution in [1.82, 2.24) is 15.6 Å². The van der Waals surface area contributed by atoms with Gasteiger partial charge in [-0.1, -0.05) is 12.1 Å². The van der Waals surface area contributed by atoms with Gasteiger partial charge in [-0.2, -0.15) is 0 Å². The van der Waals surface area contributed by atoms with Crippen molar-refractivity contribution in [3.05, 3.63) is 58.4 Å². The zero-order chi connectivity index (χ0) is 19.0. The highest BCUT2D eigenvalue weighted by Crippen LogP contribution is 2.30. The van der Waals surface area contributed by atoms with Crippen molar-refractivity contribution >= 4 is 18.8 Å². The summed E-state index contributed by atoms with van der Waals surface area (Å²) in [6, 6.07) is 7.22. The molecule has 0 saturated heterocycles. The molecule has 3 heterocycles. The van der Waals surface area contributed by atoms with Crippen LogP contribution in [0.1, 0.15) is 39.7 Å². The monoisotopic (exact) mass is 365 g/mol. The molecule has 2 aliphatic heterocycles. The lowest BCUT2D eigenvalue weighted by molar-refractivity contribution is -0.120. The van der Waals surface area contributed by atoms with Gasteiger partial charge in [0.05, 0.1) is 17.9 Å². The van der Waals surface area contributed by atoms with E-state index in [2.05, 4.69) is 15.6 Å². The molecule has 1 aromatic heterocycles. The fraction of sp³-hybridized carbons (Fsp3) is 0.316. The Hall–Kier alpha value is -2.71. The van der Waals surface area contributed by atoms with Crippen molar-refractivity contribution in [2.24, 2.45) is 0 Å². The van der Waals surface area contributed by atoms with Crippen molar-refractivity contribution in [1.29, 1.82) is 0 Å². The van der Waals surface area contributed by atoms with Crippen LogP contribution in [0.25, 0.3) is 0 Å². The van der Waals surface area contributed by atoms with E-state index >= 15 is 0 Å². The second-order valence-electron chi connectivity index (χ2n) is 6.96. The van der Waals surface area contributed by atoms with Crippen LogP contribution in [0.2, 0.25) is 0 Å². The number of fused-ring (bicyclic) bond motifs is 2. The maximum Gasteiger partial charge on any atom is 0.547 e. The largest absolute Gasteiger partial charge is 0.547 e. The number of nitrogens with zero attached hydrogens (tertiary/aromatic N) is 1. The van der Waals surface area contributed by atoms with Crippen LogP contribution in [-0.2, 0) is 30.7 Å². The molecule has 2 aromatic rings. The molecular weight excluding hydrogens is 345 g/mol. The average molecular weight is 365 g/mol. The highest BCUT2D eigenvalue weighted by molar-refractivity contribution is 6.47. The Morgan fingerprint density at radius 1 is 1.33 bits per heavy atom. The van der Waals surface area contributed by atoms with Crippen molar-refractivity contribution < 1.29 is 19.3 Å². The Labute approximate surface area is 157 Å². The van der Waals surface area contributed by atoms with E-state index < -0.39 is 13.1 Å². The number of amides is 1. The fourth-order valence-electron chi connectivity index (χ4n) is 3.57. The Morgan fingerprint density at radius 3 is 2.96 bits per heavy atom. The summed E-state index contributed by atoms with van der Waals surface area (Å²) in [4.78, 5) is 28.5. The zero-order valence-electron chi connectivity index (χ0n) is 15.0. The molecule has 0 fully saturated rings. The van der Waals surface area contributed by atoms with Gasteiger partial charge in [-0.15, -0.1) is 0 Å². The fourth-order valence-corrected chi connectivity index (χ4v) is 3.57. The predicted octanol–water partition coefficient (Wildman–Crippen LogP) is 0.569. The first-order chi connectivity index (χ1) is 13.0. The van der Waals surface area contributed by atoms with Crippen LogP contribution < -0.4 is 15.3 Å². The van der Waals surface area contributed by atoms with Gasteiger partial charge >= 0.3 is 7.12 Å². The highest BCUT2D eigenvalue weighted by atomic mass is 16.5. The van der Waals surface area contributed by atoms with Crippen molar-refractivity contribution in [3.63, 3.8) is 0 Å². The standard InChI is InChI=1S/C19H20BN3O4/c1-11(24)16-4-2-3-12-6-17(20(26)27-19(12)16)23-18(25)7-15-5-13-8-21-9-14(13)10-22-15/h2-5,10,17,21,26H,6-9H2,1H3,(H,23,25)/t17-/m0/s1. The number of carbonyl (C=O) groups is 2. The second kappa shape index (κ2) is 7.13. The molecule has 0 aliphatic carbocycles. The summed E-state index contributed by atoms with van der Waals surface area (Å²) in [5, 5.41) is 16.4. The molecule has 0 spiro atoms. The summed E-state index contributed by atoms with van der Waals surface area (Å²) in [6.07, 6.45) is 2.33. The predicted molar refractivity (Wildman–Crippen MR) is 99.2 cm³/mol. The molecule has 0 bridgehead atoms. The van der Waals surface area contributed by atoms with E-state index in [1.54, 1.807) is 18.3 Å². The molecule has 3 N–H and O–H groups in total. The molecule has 7 nitrogen and oxygen atoms in total. The van der Waals surface area contributed by atoms with E-state index in [1.165, 1.54) is 12.5 Å². The van der Waals surface area contributed by atoms with Crippen LogP contribution in [0.15, 0.2) is 30.5 Å². The maximum absolute atomic E-state index is 12.4. The molecule has 138 valence electrons. The smallest absolute Gasteiger partial charge is 0.534 e. The lowest BCUT2D eigenvalue weighted by atomic mass is 9.72. The maximum atomic E-state index is 12.4. The van der Waals surface area contributed by atoms with Gasteiger partial charge in [-0.25, -0.2) is 0 Å². The van der Waals surface area contributed by atoms with Crippen LogP contribution in [0.5, 0.6) is 5.75 Å². The lowest BCUT2D eigenvalue weighted by Crippen LogP contribution is -2.53. The number of pyridine rings is 1. The van der Waals surface area contributed by atoms with Crippen LogP contribution in [-0.4, -0.2) is 34.8 Å². The Balaban J connectivity index is 1.44. The number of rotatable bonds is 4. The number of benzene rings is 1. The van der Waals surface area contributed by atoms with E-state index in [0.29, 0.717) is 23.4 Å². The minimum absolute atomic E-state index is 0.126. The summed E-state index contributed by atoms with van der Waals surface area (Å²) in [7, 11) is -1.21. The summed E-state index contributed by atoms with van der Waals surface area (Å²) in [5.41, 5.74) is 4.25. The topological polar surface area (TPSA) is 101 Å². The molecule has 1 atom stereocenters. The first-order valence-electron chi connectivity index (χ1n) is 8.95. The second-order valence-corrected chi connectivity index (χ2v) is 6.96. The minimum Gasteiger partial charge on any atom is -0.534 e. The van der Waals surface area contributed by atoms with E-state index in [0.717, 1.165) is 24.2 Å². The quantitative estimate of drug-likeness (QED) is 0.541. The van der Waals surface area contributed by atoms with Crippen molar-refractivity contribution in [2.45, 2.75) is 38.8 Å². The van der Waals surface area contributed by atoms with Crippen molar-refractivity contribution in [2.75, 3.05) is 0 Å². The first kappa shape index (κ1) is 17.7. The van der Waals surface area contributed by atoms with Crippen LogP contribution in [0, 0.1) is 0 Å². The van der Waals surface area contributed by atoms with Gasteiger partial charge in [0, 0.05) is 25.0 Å². The minimum atomic E-state index is -1.21. The number of nitrogens with one attached hydrogen (secondary N) is 2. The number of aromatic nitrogens is 1. The van der Waals surface area contributed by atoms with Gasteiger partial charge < -0.3 is 20.3 Å². The summed E-state index contributed by atoms with van der Waals surface area (Å²) < 4.78 is 5.54. The van der Waals surface area contributed by atoms with Crippen LogP contribution in [0.4, 0.5) is 0 Å². The van der Waals surface area contributed by atoms with Gasteiger partial charge in [0.2, 0.25) is 5.91 Å². The molecule has 27 heavy (non-hydrogen) atoms. The number of carbonyl (C=O) groups excluding carboxylic acids is 2. The zero-order valence-corrected chi connectivity index (χ0v) is 15.0. The van der Waals surface area contributed by atoms with Gasteiger partial charge in [-0.3, -0.25) is 14.6 Å². The molecule has 2 aliphatic rings. The van der Waals surface area contributed by atoms with Gasteiger partial charge in [0.1, 0.15) is 5.75 Å². The Bertz CT molecular complexity index is 918. The molecule has 0 unspecified atom stereocenters.